The minimum atomic E-state index is -4.16. The molecule has 5 rings (SSSR count). The second-order valence-electron chi connectivity index (χ2n) is 10.0. The molecule has 3 atom stereocenters. The third kappa shape index (κ3) is 5.31. The third-order valence-electron chi connectivity index (χ3n) is 7.42. The van der Waals surface area contributed by atoms with Crippen molar-refractivity contribution in [2.45, 2.75) is 38.6 Å². The number of hydrogen-bond donors (Lipinski definition) is 2. The normalized spacial score (nSPS) is 20.7. The highest BCUT2D eigenvalue weighted by atomic mass is 19.4. The van der Waals surface area contributed by atoms with Crippen molar-refractivity contribution >= 4 is 11.1 Å². The van der Waals surface area contributed by atoms with E-state index >= 15 is 0 Å². The van der Waals surface area contributed by atoms with Crippen LogP contribution < -0.4 is 9.47 Å². The lowest BCUT2D eigenvalue weighted by Gasteiger charge is -2.31. The molecule has 1 saturated heterocycles. The van der Waals surface area contributed by atoms with Crippen LogP contribution in [0.25, 0.3) is 11.1 Å². The monoisotopic (exact) mass is 525 g/mol. The van der Waals surface area contributed by atoms with Crippen molar-refractivity contribution in [2.24, 2.45) is 5.92 Å². The molecule has 200 valence electrons. The number of alkyl halides is 3. The van der Waals surface area contributed by atoms with Crippen LogP contribution in [0.4, 0.5) is 13.2 Å². The number of allylic oxidation sites excluding steroid dienone is 1. The van der Waals surface area contributed by atoms with Gasteiger partial charge in [-0.25, -0.2) is 0 Å². The van der Waals surface area contributed by atoms with E-state index in [2.05, 4.69) is 0 Å². The Bertz CT molecular complexity index is 1340. The molecule has 0 aliphatic carbocycles. The molecule has 38 heavy (non-hydrogen) atoms. The second kappa shape index (κ2) is 10.3. The van der Waals surface area contributed by atoms with Crippen LogP contribution >= 0.6 is 0 Å². The zero-order valence-corrected chi connectivity index (χ0v) is 21.2. The quantitative estimate of drug-likeness (QED) is 0.370. The number of halogens is 3. The molecule has 0 bridgehead atoms. The number of ether oxygens (including phenoxy) is 2. The molecule has 3 aromatic rings. The SMILES string of the molecule is CC1=C(c2cccc(O)c2)C(c2ccc(OC[C@H](C)N3CC[C@@H](C(F)(F)F)C3)cc2)Oc2ccc(O)cc21. The maximum absolute atomic E-state index is 13.0. The highest BCUT2D eigenvalue weighted by Crippen LogP contribution is 2.47. The van der Waals surface area contributed by atoms with Gasteiger partial charge in [0, 0.05) is 23.7 Å². The van der Waals surface area contributed by atoms with E-state index in [1.54, 1.807) is 36.4 Å². The summed E-state index contributed by atoms with van der Waals surface area (Å²) >= 11 is 0. The first kappa shape index (κ1) is 26.0. The number of fused-ring (bicyclic) bond motifs is 1. The summed E-state index contributed by atoms with van der Waals surface area (Å²) in [4.78, 5) is 1.83. The van der Waals surface area contributed by atoms with Gasteiger partial charge in [-0.1, -0.05) is 24.3 Å². The molecule has 2 N–H and O–H groups in total. The van der Waals surface area contributed by atoms with Gasteiger partial charge in [-0.05, 0) is 86.0 Å². The van der Waals surface area contributed by atoms with Crippen LogP contribution in [0.1, 0.15) is 43.1 Å². The molecule has 0 spiro atoms. The zero-order valence-electron chi connectivity index (χ0n) is 21.2. The average Bonchev–Trinajstić information content (AvgIpc) is 3.39. The maximum atomic E-state index is 13.0. The van der Waals surface area contributed by atoms with Crippen LogP contribution in [-0.4, -0.2) is 47.0 Å². The number of benzene rings is 3. The first-order valence-corrected chi connectivity index (χ1v) is 12.6. The number of rotatable bonds is 6. The van der Waals surface area contributed by atoms with Gasteiger partial charge >= 0.3 is 6.18 Å². The summed E-state index contributed by atoms with van der Waals surface area (Å²) in [7, 11) is 0. The lowest BCUT2D eigenvalue weighted by atomic mass is 9.86. The average molecular weight is 526 g/mol. The standard InChI is InChI=1S/C30H30F3NO4/c1-18(34-13-12-22(16-34)30(31,32)33)17-37-25-9-6-20(7-10-25)29-28(21-4-3-5-23(35)14-21)19(2)26-15-24(36)8-11-27(26)38-29/h3-11,14-15,18,22,29,35-36H,12-13,16-17H2,1-2H3/t18-,22+,29?/m0/s1. The predicted molar refractivity (Wildman–Crippen MR) is 139 cm³/mol. The van der Waals surface area contributed by atoms with Crippen LogP contribution in [0.15, 0.2) is 66.7 Å². The molecular weight excluding hydrogens is 495 g/mol. The minimum absolute atomic E-state index is 0.00867. The summed E-state index contributed by atoms with van der Waals surface area (Å²) in [5, 5.41) is 20.2. The molecule has 0 radical (unpaired) electrons. The topological polar surface area (TPSA) is 62.2 Å². The van der Waals surface area contributed by atoms with Crippen LogP contribution in [0, 0.1) is 5.92 Å². The van der Waals surface area contributed by atoms with E-state index in [0.717, 1.165) is 27.8 Å². The van der Waals surface area contributed by atoms with E-state index in [0.29, 0.717) is 18.0 Å². The molecule has 1 fully saturated rings. The summed E-state index contributed by atoms with van der Waals surface area (Å²) < 4.78 is 51.4. The Morgan fingerprint density at radius 3 is 2.45 bits per heavy atom. The van der Waals surface area contributed by atoms with E-state index in [4.69, 9.17) is 9.47 Å². The largest absolute Gasteiger partial charge is 0.508 e. The Morgan fingerprint density at radius 2 is 1.76 bits per heavy atom. The predicted octanol–water partition coefficient (Wildman–Crippen LogP) is 6.81. The van der Waals surface area contributed by atoms with Crippen LogP contribution in [0.3, 0.4) is 0 Å². The summed E-state index contributed by atoms with van der Waals surface area (Å²) in [6.07, 6.45) is -4.50. The van der Waals surface area contributed by atoms with Gasteiger partial charge in [-0.3, -0.25) is 4.90 Å². The van der Waals surface area contributed by atoms with E-state index in [1.807, 2.05) is 49.1 Å². The molecule has 2 aliphatic heterocycles. The second-order valence-corrected chi connectivity index (χ2v) is 10.0. The molecule has 3 aromatic carbocycles. The van der Waals surface area contributed by atoms with E-state index < -0.39 is 18.2 Å². The summed E-state index contributed by atoms with van der Waals surface area (Å²) in [5.74, 6) is 0.268. The molecule has 0 saturated carbocycles. The Labute approximate surface area is 219 Å². The van der Waals surface area contributed by atoms with Crippen molar-refractivity contribution in [3.05, 3.63) is 83.4 Å². The van der Waals surface area contributed by atoms with Crippen molar-refractivity contribution < 1.29 is 32.9 Å². The van der Waals surface area contributed by atoms with Crippen molar-refractivity contribution in [3.63, 3.8) is 0 Å². The smallest absolute Gasteiger partial charge is 0.393 e. The van der Waals surface area contributed by atoms with E-state index in [-0.39, 0.29) is 37.1 Å². The van der Waals surface area contributed by atoms with Gasteiger partial charge in [0.1, 0.15) is 35.7 Å². The molecule has 5 nitrogen and oxygen atoms in total. The molecule has 0 aromatic heterocycles. The van der Waals surface area contributed by atoms with Gasteiger partial charge in [-0.2, -0.15) is 13.2 Å². The van der Waals surface area contributed by atoms with Crippen molar-refractivity contribution in [1.82, 2.24) is 4.90 Å². The summed E-state index contributed by atoms with van der Waals surface area (Å²) in [5.41, 5.74) is 4.25. The maximum Gasteiger partial charge on any atom is 0.393 e. The Morgan fingerprint density at radius 1 is 1.03 bits per heavy atom. The van der Waals surface area contributed by atoms with Gasteiger partial charge in [0.15, 0.2) is 0 Å². The fourth-order valence-corrected chi connectivity index (χ4v) is 5.23. The number of aromatic hydroxyl groups is 2. The van der Waals surface area contributed by atoms with Gasteiger partial charge in [0.2, 0.25) is 0 Å². The number of likely N-dealkylation sites (tertiary alicyclic amines) is 1. The van der Waals surface area contributed by atoms with Gasteiger partial charge in [-0.15, -0.1) is 0 Å². The molecule has 1 unspecified atom stereocenters. The molecule has 2 aliphatic rings. The van der Waals surface area contributed by atoms with E-state index in [9.17, 15) is 23.4 Å². The Balaban J connectivity index is 1.34. The molecule has 2 heterocycles. The summed E-state index contributed by atoms with van der Waals surface area (Å²) in [6.45, 7) is 4.56. The number of phenols is 2. The lowest BCUT2D eigenvalue weighted by molar-refractivity contribution is -0.171. The van der Waals surface area contributed by atoms with Crippen LogP contribution in [-0.2, 0) is 0 Å². The lowest BCUT2D eigenvalue weighted by Crippen LogP contribution is -2.37. The van der Waals surface area contributed by atoms with Gasteiger partial charge in [0.25, 0.3) is 0 Å². The van der Waals surface area contributed by atoms with Crippen LogP contribution in [0.5, 0.6) is 23.0 Å². The highest BCUT2D eigenvalue weighted by molar-refractivity contribution is 5.95. The van der Waals surface area contributed by atoms with E-state index in [1.165, 1.54) is 0 Å². The minimum Gasteiger partial charge on any atom is -0.508 e. The van der Waals surface area contributed by atoms with Crippen molar-refractivity contribution in [2.75, 3.05) is 19.7 Å². The molecular formula is C30H30F3NO4. The number of phenolic OH excluding ortho intramolecular Hbond substituents is 2. The fourth-order valence-electron chi connectivity index (χ4n) is 5.23. The Hall–Kier alpha value is -3.65. The molecule has 8 heteroatoms. The fraction of sp³-hybridized carbons (Fsp3) is 0.333. The van der Waals surface area contributed by atoms with Crippen molar-refractivity contribution in [3.8, 4) is 23.0 Å². The number of nitrogens with zero attached hydrogens (tertiary/aromatic N) is 1. The first-order valence-electron chi connectivity index (χ1n) is 12.6. The van der Waals surface area contributed by atoms with Crippen LogP contribution in [0.2, 0.25) is 0 Å². The van der Waals surface area contributed by atoms with Gasteiger partial charge in [0.05, 0.1) is 5.92 Å². The number of hydrogen-bond acceptors (Lipinski definition) is 5. The Kier molecular flexibility index (Phi) is 7.01. The van der Waals surface area contributed by atoms with Crippen molar-refractivity contribution in [1.29, 1.82) is 0 Å². The first-order chi connectivity index (χ1) is 18.1. The summed E-state index contributed by atoms with van der Waals surface area (Å²) in [6, 6.07) is 19.3. The third-order valence-corrected chi connectivity index (χ3v) is 7.42. The highest BCUT2D eigenvalue weighted by Gasteiger charge is 2.44. The zero-order chi connectivity index (χ0) is 27.0. The van der Waals surface area contributed by atoms with Gasteiger partial charge < -0.3 is 19.7 Å². The molecule has 0 amide bonds.